The molecule has 0 N–H and O–H groups in total. The van der Waals surface area contributed by atoms with Crippen molar-refractivity contribution in [3.63, 3.8) is 0 Å². The smallest absolute Gasteiger partial charge is 0.338 e. The maximum absolute atomic E-state index is 14.6. The van der Waals surface area contributed by atoms with E-state index in [2.05, 4.69) is 9.97 Å². The van der Waals surface area contributed by atoms with Gasteiger partial charge in [-0.25, -0.2) is 9.97 Å². The highest BCUT2D eigenvalue weighted by atomic mass is 19.4. The molecule has 3 aromatic rings. The number of rotatable bonds is 4. The fourth-order valence-corrected chi connectivity index (χ4v) is 3.50. The van der Waals surface area contributed by atoms with Crippen LogP contribution >= 0.6 is 0 Å². The van der Waals surface area contributed by atoms with Gasteiger partial charge >= 0.3 is 6.18 Å². The molecular formula is C23H18F4N4O2. The molecule has 4 rings (SSSR count). The highest BCUT2D eigenvalue weighted by Crippen LogP contribution is 2.29. The first-order chi connectivity index (χ1) is 15.7. The molecule has 170 valence electrons. The first-order valence-electron chi connectivity index (χ1n) is 10.1. The van der Waals surface area contributed by atoms with Gasteiger partial charge in [-0.3, -0.25) is 9.59 Å². The molecule has 0 unspecified atom stereocenters. The standard InChI is InChI=1S/C23H18F4N4O2/c24-23(25,26)18-8-6-15(7-9-18)12-20(32)30-11-10-19-17(14-30)13-28-22(29-19)31(27)21(33)16-4-2-1-3-5-16/h1-9,13H,10-12,14H2. The quantitative estimate of drug-likeness (QED) is 0.435. The topological polar surface area (TPSA) is 66.4 Å². The summed E-state index contributed by atoms with van der Waals surface area (Å²) >= 11 is 0. The SMILES string of the molecule is O=C(Cc1ccc(C(F)(F)F)cc1)N1CCc2nc(N(F)C(=O)c3ccccc3)ncc2C1. The van der Waals surface area contributed by atoms with Crippen molar-refractivity contribution in [2.75, 3.05) is 11.7 Å². The second kappa shape index (κ2) is 8.97. The molecule has 2 heterocycles. The zero-order valence-corrected chi connectivity index (χ0v) is 17.2. The molecule has 0 spiro atoms. The third kappa shape index (κ3) is 5.00. The van der Waals surface area contributed by atoms with Crippen molar-refractivity contribution < 1.29 is 27.2 Å². The van der Waals surface area contributed by atoms with E-state index in [1.54, 1.807) is 23.1 Å². The van der Waals surface area contributed by atoms with E-state index in [1.165, 1.54) is 30.5 Å². The van der Waals surface area contributed by atoms with Crippen molar-refractivity contribution in [2.24, 2.45) is 0 Å². The summed E-state index contributed by atoms with van der Waals surface area (Å²) < 4.78 is 52.6. The van der Waals surface area contributed by atoms with Gasteiger partial charge in [0.1, 0.15) is 0 Å². The van der Waals surface area contributed by atoms with Crippen molar-refractivity contribution in [3.05, 3.63) is 88.7 Å². The molecule has 2 aromatic carbocycles. The van der Waals surface area contributed by atoms with E-state index in [0.29, 0.717) is 29.8 Å². The molecule has 10 heteroatoms. The number of nitrogens with zero attached hydrogens (tertiary/aromatic N) is 4. The maximum Gasteiger partial charge on any atom is 0.416 e. The van der Waals surface area contributed by atoms with Crippen LogP contribution in [0.4, 0.5) is 23.6 Å². The maximum atomic E-state index is 14.6. The van der Waals surface area contributed by atoms with E-state index in [4.69, 9.17) is 0 Å². The van der Waals surface area contributed by atoms with E-state index >= 15 is 0 Å². The number of halogens is 4. The summed E-state index contributed by atoms with van der Waals surface area (Å²) in [6.45, 7) is 0.496. The van der Waals surface area contributed by atoms with E-state index < -0.39 is 17.6 Å². The van der Waals surface area contributed by atoms with Crippen LogP contribution in [0.25, 0.3) is 0 Å². The van der Waals surface area contributed by atoms with Crippen molar-refractivity contribution in [3.8, 4) is 0 Å². The van der Waals surface area contributed by atoms with E-state index in [9.17, 15) is 27.2 Å². The summed E-state index contributed by atoms with van der Waals surface area (Å²) in [5, 5.41) is -0.113. The number of hydrogen-bond acceptors (Lipinski definition) is 4. The fraction of sp³-hybridized carbons (Fsp3) is 0.217. The zero-order chi connectivity index (χ0) is 23.6. The van der Waals surface area contributed by atoms with Gasteiger partial charge in [0.25, 0.3) is 11.9 Å². The average Bonchev–Trinajstić information content (AvgIpc) is 2.82. The summed E-state index contributed by atoms with van der Waals surface area (Å²) in [7, 11) is 0. The second-order valence-corrected chi connectivity index (χ2v) is 7.53. The fourth-order valence-electron chi connectivity index (χ4n) is 3.50. The molecule has 1 aromatic heterocycles. The Bertz CT molecular complexity index is 1170. The molecular weight excluding hydrogens is 440 g/mol. The van der Waals surface area contributed by atoms with Crippen molar-refractivity contribution in [2.45, 2.75) is 25.6 Å². The van der Waals surface area contributed by atoms with Crippen LogP contribution in [0.15, 0.2) is 60.8 Å². The van der Waals surface area contributed by atoms with Gasteiger partial charge in [-0.05, 0) is 29.8 Å². The van der Waals surface area contributed by atoms with Crippen LogP contribution in [-0.4, -0.2) is 33.2 Å². The normalized spacial score (nSPS) is 13.4. The largest absolute Gasteiger partial charge is 0.416 e. The van der Waals surface area contributed by atoms with Gasteiger partial charge in [-0.2, -0.15) is 13.2 Å². The number of hydrogen-bond donors (Lipinski definition) is 0. The summed E-state index contributed by atoms with van der Waals surface area (Å²) in [5.74, 6) is -1.53. The van der Waals surface area contributed by atoms with Gasteiger partial charge in [0.15, 0.2) is 0 Å². The first kappa shape index (κ1) is 22.4. The monoisotopic (exact) mass is 458 g/mol. The van der Waals surface area contributed by atoms with Crippen LogP contribution < -0.4 is 5.12 Å². The third-order valence-corrected chi connectivity index (χ3v) is 5.29. The first-order valence-corrected chi connectivity index (χ1v) is 10.1. The lowest BCUT2D eigenvalue weighted by molar-refractivity contribution is -0.137. The molecule has 33 heavy (non-hydrogen) atoms. The van der Waals surface area contributed by atoms with Crippen LogP contribution in [0.1, 0.15) is 32.7 Å². The number of anilines is 1. The number of fused-ring (bicyclic) bond motifs is 1. The van der Waals surface area contributed by atoms with Crippen LogP contribution in [0.2, 0.25) is 0 Å². The van der Waals surface area contributed by atoms with Crippen LogP contribution in [0.5, 0.6) is 0 Å². The molecule has 1 aliphatic heterocycles. The Hall–Kier alpha value is -3.82. The number of alkyl halides is 3. The van der Waals surface area contributed by atoms with Gasteiger partial charge in [-0.15, -0.1) is 5.12 Å². The van der Waals surface area contributed by atoms with E-state index in [1.807, 2.05) is 0 Å². The van der Waals surface area contributed by atoms with Crippen LogP contribution in [-0.2, 0) is 30.4 Å². The van der Waals surface area contributed by atoms with Gasteiger partial charge in [0.2, 0.25) is 5.91 Å². The molecule has 0 saturated heterocycles. The number of carbonyl (C=O) groups is 2. The minimum atomic E-state index is -4.43. The average molecular weight is 458 g/mol. The van der Waals surface area contributed by atoms with Crippen molar-refractivity contribution in [1.82, 2.24) is 14.9 Å². The highest BCUT2D eigenvalue weighted by Gasteiger charge is 2.30. The van der Waals surface area contributed by atoms with Crippen LogP contribution in [0.3, 0.4) is 0 Å². The Labute approximate surface area is 186 Å². The summed E-state index contributed by atoms with van der Waals surface area (Å²) in [4.78, 5) is 34.5. The van der Waals surface area contributed by atoms with Gasteiger partial charge in [0.05, 0.1) is 17.7 Å². The number of carbonyl (C=O) groups excluding carboxylic acids is 2. The Morgan fingerprint density at radius 3 is 2.39 bits per heavy atom. The molecule has 2 amide bonds. The predicted octanol–water partition coefficient (Wildman–Crippen LogP) is 4.15. The summed E-state index contributed by atoms with van der Waals surface area (Å²) in [6, 6.07) is 12.4. The second-order valence-electron chi connectivity index (χ2n) is 7.53. The Morgan fingerprint density at radius 2 is 1.73 bits per heavy atom. The Morgan fingerprint density at radius 1 is 1.03 bits per heavy atom. The molecule has 0 atom stereocenters. The molecule has 0 aliphatic carbocycles. The number of aromatic nitrogens is 2. The van der Waals surface area contributed by atoms with Gasteiger partial charge < -0.3 is 4.90 Å². The van der Waals surface area contributed by atoms with Gasteiger partial charge in [-0.1, -0.05) is 34.8 Å². The van der Waals surface area contributed by atoms with Crippen molar-refractivity contribution in [1.29, 1.82) is 0 Å². The highest BCUT2D eigenvalue weighted by molar-refractivity contribution is 6.03. The zero-order valence-electron chi connectivity index (χ0n) is 17.2. The Balaban J connectivity index is 1.41. The molecule has 1 aliphatic rings. The van der Waals surface area contributed by atoms with E-state index in [-0.39, 0.29) is 35.5 Å². The lowest BCUT2D eigenvalue weighted by Gasteiger charge is -2.28. The molecule has 6 nitrogen and oxygen atoms in total. The minimum absolute atomic E-state index is 0.0454. The minimum Gasteiger partial charge on any atom is -0.338 e. The van der Waals surface area contributed by atoms with Crippen LogP contribution in [0, 0.1) is 0 Å². The number of amides is 2. The number of benzene rings is 2. The summed E-state index contributed by atoms with van der Waals surface area (Å²) in [6.07, 6.45) is -2.77. The van der Waals surface area contributed by atoms with E-state index in [0.717, 1.165) is 12.1 Å². The van der Waals surface area contributed by atoms with Gasteiger partial charge in [0, 0.05) is 36.8 Å². The lowest BCUT2D eigenvalue weighted by Crippen LogP contribution is -2.37. The third-order valence-electron chi connectivity index (χ3n) is 5.29. The summed E-state index contributed by atoms with van der Waals surface area (Å²) in [5.41, 5.74) is 0.999. The molecule has 0 saturated carbocycles. The Kier molecular flexibility index (Phi) is 6.08. The lowest BCUT2D eigenvalue weighted by atomic mass is 10.0. The molecule has 0 bridgehead atoms. The predicted molar refractivity (Wildman–Crippen MR) is 111 cm³/mol. The molecule has 0 fully saturated rings. The molecule has 0 radical (unpaired) electrons. The van der Waals surface area contributed by atoms with Crippen molar-refractivity contribution >= 4 is 17.8 Å².